The van der Waals surface area contributed by atoms with Crippen LogP contribution in [0.25, 0.3) is 5.57 Å². The third-order valence-electron chi connectivity index (χ3n) is 7.73. The molecule has 0 spiro atoms. The zero-order valence-corrected chi connectivity index (χ0v) is 26.5. The minimum Gasteiger partial charge on any atom is -1.00 e. The van der Waals surface area contributed by atoms with E-state index < -0.39 is 20.4 Å². The molecule has 4 heteroatoms. The number of fused-ring (bicyclic) bond motifs is 1. The van der Waals surface area contributed by atoms with Gasteiger partial charge in [-0.2, -0.15) is 0 Å². The van der Waals surface area contributed by atoms with Crippen LogP contribution in [0.1, 0.15) is 74.7 Å². The fourth-order valence-electron chi connectivity index (χ4n) is 5.84. The van der Waals surface area contributed by atoms with E-state index in [1.54, 1.807) is 22.3 Å². The van der Waals surface area contributed by atoms with E-state index >= 15 is 0 Å². The second-order valence-electron chi connectivity index (χ2n) is 9.60. The van der Waals surface area contributed by atoms with Gasteiger partial charge in [0, 0.05) is 0 Å². The molecule has 0 radical (unpaired) electrons. The fourth-order valence-corrected chi connectivity index (χ4v) is 32.3. The van der Waals surface area contributed by atoms with Gasteiger partial charge in [-0.1, -0.05) is 0 Å². The van der Waals surface area contributed by atoms with Gasteiger partial charge in [0.1, 0.15) is 0 Å². The molecule has 0 aromatic heterocycles. The van der Waals surface area contributed by atoms with Crippen LogP contribution >= 0.6 is 0 Å². The zero-order valence-electron chi connectivity index (χ0n) is 21.5. The van der Waals surface area contributed by atoms with Crippen LogP contribution in [0, 0.1) is 5.92 Å². The van der Waals surface area contributed by atoms with Gasteiger partial charge in [0.15, 0.2) is 0 Å². The van der Waals surface area contributed by atoms with Gasteiger partial charge < -0.3 is 24.8 Å². The number of hydrogen-bond donors (Lipinski definition) is 0. The SMILES string of the molecule is CCC[Si](CCC)=[Zr+2]([C]1=C(C)C(C)=C(C)C1C)[CH]1C=C(c2ccccc2)c2ccccc21.[Cl-].[Cl-]. The van der Waals surface area contributed by atoms with E-state index in [9.17, 15) is 0 Å². The second kappa shape index (κ2) is 13.0. The van der Waals surface area contributed by atoms with Crippen molar-refractivity contribution in [3.8, 4) is 0 Å². The molecule has 2 aromatic rings. The number of rotatable bonds is 7. The maximum atomic E-state index is 2.74. The van der Waals surface area contributed by atoms with Gasteiger partial charge in [-0.25, -0.2) is 0 Å². The van der Waals surface area contributed by atoms with E-state index in [2.05, 4.69) is 102 Å². The summed E-state index contributed by atoms with van der Waals surface area (Å²) in [5, 5.41) is 0. The molecule has 0 nitrogen and oxygen atoms in total. The van der Waals surface area contributed by atoms with Gasteiger partial charge in [-0.15, -0.1) is 0 Å². The molecule has 2 aliphatic carbocycles. The molecule has 2 unspecified atom stereocenters. The van der Waals surface area contributed by atoms with Crippen LogP contribution in [0.4, 0.5) is 0 Å². The molecule has 4 rings (SSSR count). The molecule has 0 N–H and O–H groups in total. The van der Waals surface area contributed by atoms with Crippen LogP contribution in [0.2, 0.25) is 12.1 Å². The molecule has 0 fully saturated rings. The molecule has 0 bridgehead atoms. The first-order valence-corrected chi connectivity index (χ1v) is 20.7. The van der Waals surface area contributed by atoms with E-state index in [1.165, 1.54) is 41.6 Å². The first-order chi connectivity index (χ1) is 15.5. The maximum Gasteiger partial charge on any atom is -1.00 e. The molecule has 180 valence electrons. The van der Waals surface area contributed by atoms with E-state index in [4.69, 9.17) is 0 Å². The molecule has 2 aliphatic rings. The third-order valence-corrected chi connectivity index (χ3v) is 29.6. The zero-order chi connectivity index (χ0) is 22.8. The van der Waals surface area contributed by atoms with Crippen LogP contribution in [0.5, 0.6) is 0 Å². The summed E-state index contributed by atoms with van der Waals surface area (Å²) in [7, 11) is 0. The van der Waals surface area contributed by atoms with Crippen LogP contribution in [-0.4, -0.2) is 5.43 Å². The molecule has 2 aromatic carbocycles. The summed E-state index contributed by atoms with van der Waals surface area (Å²) in [6, 6.07) is 23.5. The topological polar surface area (TPSA) is 0 Å². The summed E-state index contributed by atoms with van der Waals surface area (Å²) in [4.78, 5) is 0. The first kappa shape index (κ1) is 29.6. The van der Waals surface area contributed by atoms with Crippen molar-refractivity contribution in [2.45, 2.75) is 70.1 Å². The van der Waals surface area contributed by atoms with Crippen molar-refractivity contribution in [3.63, 3.8) is 0 Å². The quantitative estimate of drug-likeness (QED) is 0.437. The molecule has 0 saturated heterocycles. The van der Waals surface area contributed by atoms with E-state index in [0.717, 1.165) is 0 Å². The van der Waals surface area contributed by atoms with Crippen molar-refractivity contribution in [1.82, 2.24) is 0 Å². The molecule has 0 saturated carbocycles. The standard InChI is InChI=1S/C15H11.C9H13.C6H14Si.2ClH.Zr/c1-2-6-12(7-3-1)15-11-10-13-8-4-5-9-14(13)15;1-6-5-7(2)9(4)8(6)3;1-3-5-7-6-4-2;;;/h1-11H;6H,1-4H3;3-6H2,1-2H3;2*1H;/q;;;;;+2/p-2. The Kier molecular flexibility index (Phi) is 11.3. The normalized spacial score (nSPS) is 18.6. The fraction of sp³-hybridized carbons (Fsp3) is 0.400. The largest absolute Gasteiger partial charge is 1.00 e. The maximum absolute atomic E-state index is 2.74. The van der Waals surface area contributed by atoms with Gasteiger partial charge in [0.2, 0.25) is 0 Å². The Morgan fingerprint density at radius 2 is 1.38 bits per heavy atom. The van der Waals surface area contributed by atoms with Crippen molar-refractivity contribution in [2.24, 2.45) is 5.92 Å². The van der Waals surface area contributed by atoms with E-state index in [0.29, 0.717) is 9.54 Å². The van der Waals surface area contributed by atoms with Crippen LogP contribution in [-0.2, 0) is 20.4 Å². The van der Waals surface area contributed by atoms with Crippen LogP contribution in [0.15, 0.2) is 80.7 Å². The van der Waals surface area contributed by atoms with E-state index in [1.807, 2.05) is 3.28 Å². The minimum absolute atomic E-state index is 0. The first-order valence-electron chi connectivity index (χ1n) is 12.5. The van der Waals surface area contributed by atoms with Crippen LogP contribution in [0.3, 0.4) is 0 Å². The summed E-state index contributed by atoms with van der Waals surface area (Å²) in [5.41, 5.74) is 10.6. The van der Waals surface area contributed by atoms with Crippen molar-refractivity contribution in [1.29, 1.82) is 0 Å². The Labute approximate surface area is 228 Å². The van der Waals surface area contributed by atoms with E-state index in [-0.39, 0.29) is 30.2 Å². The summed E-state index contributed by atoms with van der Waals surface area (Å²) >= 11 is -2.00. The van der Waals surface area contributed by atoms with Gasteiger partial charge in [0.25, 0.3) is 0 Å². The number of halogens is 2. The third kappa shape index (κ3) is 5.51. The molecule has 34 heavy (non-hydrogen) atoms. The minimum atomic E-state index is -2.00. The van der Waals surface area contributed by atoms with Crippen molar-refractivity contribution in [3.05, 3.63) is 97.4 Å². The molecule has 0 aliphatic heterocycles. The molecular formula is C30H38Cl2SiZr. The molecule has 2 atom stereocenters. The Morgan fingerprint density at radius 1 is 0.794 bits per heavy atom. The van der Waals surface area contributed by atoms with Crippen molar-refractivity contribution in [2.75, 3.05) is 0 Å². The summed E-state index contributed by atoms with van der Waals surface area (Å²) in [5.74, 6) is 0.666. The second-order valence-corrected chi connectivity index (χ2v) is 25.1. The van der Waals surface area contributed by atoms with Crippen LogP contribution < -0.4 is 24.8 Å². The summed E-state index contributed by atoms with van der Waals surface area (Å²) in [6.07, 6.45) is 5.45. The number of benzene rings is 2. The molecule has 0 amide bonds. The predicted octanol–water partition coefficient (Wildman–Crippen LogP) is 2.87. The van der Waals surface area contributed by atoms with Crippen molar-refractivity contribution >= 4 is 11.0 Å². The van der Waals surface area contributed by atoms with Gasteiger partial charge in [-0.3, -0.25) is 0 Å². The Hall–Kier alpha value is -0.660. The Balaban J connectivity index is 0.00000204. The molecular weight excluding hydrogens is 551 g/mol. The Morgan fingerprint density at radius 3 is 1.94 bits per heavy atom. The smallest absolute Gasteiger partial charge is 1.00 e. The average Bonchev–Trinajstić information content (AvgIpc) is 3.28. The Bertz CT molecular complexity index is 1130. The summed E-state index contributed by atoms with van der Waals surface area (Å²) < 4.78 is 2.66. The van der Waals surface area contributed by atoms with Gasteiger partial charge >= 0.3 is 205 Å². The van der Waals surface area contributed by atoms with Crippen molar-refractivity contribution < 1.29 is 45.2 Å². The molecule has 0 heterocycles. The monoisotopic (exact) mass is 586 g/mol. The number of allylic oxidation sites excluding steroid dienone is 5. The predicted molar refractivity (Wildman–Crippen MR) is 139 cm³/mol. The summed E-state index contributed by atoms with van der Waals surface area (Å²) in [6.45, 7) is 14.6. The van der Waals surface area contributed by atoms with Gasteiger partial charge in [-0.05, 0) is 0 Å². The number of hydrogen-bond acceptors (Lipinski definition) is 0. The average molecular weight is 589 g/mol. The van der Waals surface area contributed by atoms with Gasteiger partial charge in [0.05, 0.1) is 0 Å².